The maximum atomic E-state index is 13.1. The smallest absolute Gasteiger partial charge is 0.343 e. The van der Waals surface area contributed by atoms with E-state index < -0.39 is 17.9 Å². The van der Waals surface area contributed by atoms with E-state index in [9.17, 15) is 19.2 Å². The average Bonchev–Trinajstić information content (AvgIpc) is 3.17. The SMILES string of the molecule is CCCCCCCOc1ccc(C(=O)Oc2ccc(C[C@H](NC(=O)c3ccc(NC(=O)Cc4cccc(Oc5ccccc5)c4)cc3)C(C)=O)cc2)cc1. The van der Waals surface area contributed by atoms with Crippen LogP contribution >= 0.6 is 0 Å². The number of unbranched alkanes of at least 4 members (excludes halogenated alkanes) is 4. The molecule has 0 saturated carbocycles. The number of para-hydroxylation sites is 1. The third kappa shape index (κ3) is 12.5. The van der Waals surface area contributed by atoms with Crippen LogP contribution in [0.1, 0.15) is 77.8 Å². The molecule has 0 radical (unpaired) electrons. The van der Waals surface area contributed by atoms with E-state index in [0.717, 1.165) is 24.0 Å². The quantitative estimate of drug-likeness (QED) is 0.0495. The maximum Gasteiger partial charge on any atom is 0.343 e. The Bertz CT molecular complexity index is 1980. The van der Waals surface area contributed by atoms with Crippen molar-refractivity contribution in [3.63, 3.8) is 0 Å². The molecule has 1 atom stereocenters. The number of hydrogen-bond donors (Lipinski definition) is 2. The van der Waals surface area contributed by atoms with Crippen LogP contribution in [0.4, 0.5) is 5.69 Å². The minimum atomic E-state index is -0.774. The summed E-state index contributed by atoms with van der Waals surface area (Å²) >= 11 is 0. The zero-order valence-electron chi connectivity index (χ0n) is 30.7. The molecule has 2 amide bonds. The first-order chi connectivity index (χ1) is 26.2. The summed E-state index contributed by atoms with van der Waals surface area (Å²) < 4.78 is 17.2. The van der Waals surface area contributed by atoms with Crippen molar-refractivity contribution in [2.24, 2.45) is 0 Å². The van der Waals surface area contributed by atoms with E-state index in [4.69, 9.17) is 14.2 Å². The standard InChI is InChI=1S/C45H46N2O7/c1-3-4-5-6-10-28-52-38-26-20-36(21-27-38)45(51)54-40-24-16-33(17-25-40)30-42(32(2)48)47-44(50)35-18-22-37(23-19-35)46-43(49)31-34-12-11-15-41(29-34)53-39-13-8-7-9-14-39/h7-9,11-27,29,42H,3-6,10,28,30-31H2,1-2H3,(H,46,49)(H,47,50)/t42-/m0/s1. The number of ether oxygens (including phenoxy) is 3. The van der Waals surface area contributed by atoms with E-state index in [0.29, 0.717) is 46.4 Å². The number of ketones is 1. The molecule has 9 nitrogen and oxygen atoms in total. The molecule has 0 heterocycles. The van der Waals surface area contributed by atoms with Crippen molar-refractivity contribution >= 4 is 29.3 Å². The second-order valence-electron chi connectivity index (χ2n) is 13.0. The molecule has 0 spiro atoms. The molecule has 54 heavy (non-hydrogen) atoms. The highest BCUT2D eigenvalue weighted by Gasteiger charge is 2.19. The Morgan fingerprint density at radius 2 is 1.30 bits per heavy atom. The van der Waals surface area contributed by atoms with Crippen LogP contribution in [0.25, 0.3) is 0 Å². The molecule has 0 aliphatic heterocycles. The molecule has 5 aromatic rings. The monoisotopic (exact) mass is 726 g/mol. The van der Waals surface area contributed by atoms with Gasteiger partial charge in [0.2, 0.25) is 5.91 Å². The van der Waals surface area contributed by atoms with Gasteiger partial charge in [-0.15, -0.1) is 0 Å². The normalized spacial score (nSPS) is 11.2. The predicted octanol–water partition coefficient (Wildman–Crippen LogP) is 9.16. The Labute approximate surface area is 316 Å². The van der Waals surface area contributed by atoms with Crippen molar-refractivity contribution < 1.29 is 33.4 Å². The second-order valence-corrected chi connectivity index (χ2v) is 13.0. The number of rotatable bonds is 19. The molecule has 0 aliphatic rings. The Kier molecular flexibility index (Phi) is 14.5. The van der Waals surface area contributed by atoms with Crippen molar-refractivity contribution in [2.75, 3.05) is 11.9 Å². The first-order valence-electron chi connectivity index (χ1n) is 18.3. The summed E-state index contributed by atoms with van der Waals surface area (Å²) in [5.41, 5.74) is 2.85. The van der Waals surface area contributed by atoms with Crippen molar-refractivity contribution in [3.05, 3.63) is 150 Å². The lowest BCUT2D eigenvalue weighted by Gasteiger charge is -2.17. The van der Waals surface area contributed by atoms with Gasteiger partial charge in [-0.1, -0.05) is 75.1 Å². The molecule has 2 N–H and O–H groups in total. The van der Waals surface area contributed by atoms with Gasteiger partial charge in [-0.05, 0) is 116 Å². The molecule has 278 valence electrons. The van der Waals surface area contributed by atoms with Crippen LogP contribution in [0.3, 0.4) is 0 Å². The summed E-state index contributed by atoms with van der Waals surface area (Å²) in [7, 11) is 0. The van der Waals surface area contributed by atoms with Gasteiger partial charge in [0.15, 0.2) is 5.78 Å². The Morgan fingerprint density at radius 3 is 2.00 bits per heavy atom. The lowest BCUT2D eigenvalue weighted by molar-refractivity contribution is -0.119. The van der Waals surface area contributed by atoms with Gasteiger partial charge in [0, 0.05) is 11.3 Å². The van der Waals surface area contributed by atoms with Crippen LogP contribution < -0.4 is 24.8 Å². The molecular weight excluding hydrogens is 681 g/mol. The summed E-state index contributed by atoms with van der Waals surface area (Å²) in [6, 6.07) is 36.2. The number of amides is 2. The van der Waals surface area contributed by atoms with E-state index in [1.807, 2.05) is 54.6 Å². The highest BCUT2D eigenvalue weighted by atomic mass is 16.5. The van der Waals surface area contributed by atoms with Crippen molar-refractivity contribution in [3.8, 4) is 23.0 Å². The van der Waals surface area contributed by atoms with Crippen LogP contribution in [0, 0.1) is 0 Å². The summed E-state index contributed by atoms with van der Waals surface area (Å²) in [6.07, 6.45) is 6.19. The lowest BCUT2D eigenvalue weighted by Crippen LogP contribution is -2.41. The van der Waals surface area contributed by atoms with Gasteiger partial charge in [-0.3, -0.25) is 14.4 Å². The Hall–Kier alpha value is -6.22. The van der Waals surface area contributed by atoms with E-state index in [2.05, 4.69) is 17.6 Å². The maximum absolute atomic E-state index is 13.1. The third-order valence-electron chi connectivity index (χ3n) is 8.65. The van der Waals surface area contributed by atoms with Crippen LogP contribution in [0.5, 0.6) is 23.0 Å². The van der Waals surface area contributed by atoms with Gasteiger partial charge in [0.1, 0.15) is 23.0 Å². The number of carbonyl (C=O) groups excluding carboxylic acids is 4. The number of hydrogen-bond acceptors (Lipinski definition) is 7. The van der Waals surface area contributed by atoms with E-state index in [1.54, 1.807) is 72.8 Å². The van der Waals surface area contributed by atoms with Crippen LogP contribution in [-0.2, 0) is 22.4 Å². The zero-order valence-corrected chi connectivity index (χ0v) is 30.7. The van der Waals surface area contributed by atoms with Gasteiger partial charge >= 0.3 is 5.97 Å². The van der Waals surface area contributed by atoms with Crippen molar-refractivity contribution in [2.45, 2.75) is 64.8 Å². The minimum Gasteiger partial charge on any atom is -0.494 e. The molecule has 5 aromatic carbocycles. The molecule has 0 aliphatic carbocycles. The lowest BCUT2D eigenvalue weighted by atomic mass is 10.0. The highest BCUT2D eigenvalue weighted by Crippen LogP contribution is 2.23. The minimum absolute atomic E-state index is 0.140. The number of carbonyl (C=O) groups is 4. The van der Waals surface area contributed by atoms with Gasteiger partial charge in [-0.2, -0.15) is 0 Å². The van der Waals surface area contributed by atoms with E-state index >= 15 is 0 Å². The number of Topliss-reactive ketones (excluding diaryl/α,β-unsaturated/α-hetero) is 1. The van der Waals surface area contributed by atoms with E-state index in [1.165, 1.54) is 26.2 Å². The predicted molar refractivity (Wildman–Crippen MR) is 209 cm³/mol. The molecule has 0 unspecified atom stereocenters. The van der Waals surface area contributed by atoms with E-state index in [-0.39, 0.29) is 24.5 Å². The summed E-state index contributed by atoms with van der Waals surface area (Å²) in [5, 5.41) is 5.67. The number of nitrogens with one attached hydrogen (secondary N) is 2. The van der Waals surface area contributed by atoms with Crippen LogP contribution in [-0.4, -0.2) is 36.2 Å². The van der Waals surface area contributed by atoms with Crippen molar-refractivity contribution in [1.82, 2.24) is 5.32 Å². The number of esters is 1. The second kappa shape index (κ2) is 20.1. The van der Waals surface area contributed by atoms with Crippen LogP contribution in [0.2, 0.25) is 0 Å². The molecular formula is C45H46N2O7. The number of anilines is 1. The average molecular weight is 727 g/mol. The zero-order chi connectivity index (χ0) is 38.1. The van der Waals surface area contributed by atoms with Gasteiger partial charge in [0.05, 0.1) is 24.6 Å². The van der Waals surface area contributed by atoms with Gasteiger partial charge in [0.25, 0.3) is 5.91 Å². The summed E-state index contributed by atoms with van der Waals surface area (Å²) in [6.45, 7) is 4.26. The fraction of sp³-hybridized carbons (Fsp3) is 0.244. The topological polar surface area (TPSA) is 120 Å². The van der Waals surface area contributed by atoms with Gasteiger partial charge in [-0.25, -0.2) is 4.79 Å². The summed E-state index contributed by atoms with van der Waals surface area (Å²) in [5.74, 6) is 1.08. The van der Waals surface area contributed by atoms with Gasteiger partial charge < -0.3 is 24.8 Å². The Balaban J connectivity index is 1.07. The molecule has 9 heteroatoms. The van der Waals surface area contributed by atoms with Crippen molar-refractivity contribution in [1.29, 1.82) is 0 Å². The molecule has 0 fully saturated rings. The third-order valence-corrected chi connectivity index (χ3v) is 8.65. The molecule has 0 aromatic heterocycles. The first kappa shape index (κ1) is 39.0. The summed E-state index contributed by atoms with van der Waals surface area (Å²) in [4.78, 5) is 51.1. The number of benzene rings is 5. The van der Waals surface area contributed by atoms with Crippen LogP contribution in [0.15, 0.2) is 127 Å². The fourth-order valence-corrected chi connectivity index (χ4v) is 5.66. The molecule has 0 saturated heterocycles. The molecule has 5 rings (SSSR count). The fourth-order valence-electron chi connectivity index (χ4n) is 5.66. The highest BCUT2D eigenvalue weighted by molar-refractivity contribution is 5.98. The molecule has 0 bridgehead atoms. The largest absolute Gasteiger partial charge is 0.494 e. The first-order valence-corrected chi connectivity index (χ1v) is 18.3. The Morgan fingerprint density at radius 1 is 0.630 bits per heavy atom.